The number of nitrogens with zero attached hydrogens (tertiary/aromatic N) is 2. The number of rotatable bonds is 5. The van der Waals surface area contributed by atoms with E-state index >= 15 is 0 Å². The van der Waals surface area contributed by atoms with E-state index in [9.17, 15) is 9.59 Å². The van der Waals surface area contributed by atoms with Crippen LogP contribution in [0, 0.1) is 5.92 Å². The number of thiazole rings is 1. The normalized spacial score (nSPS) is 14.0. The molecular weight excluding hydrogens is 364 g/mol. The van der Waals surface area contributed by atoms with Crippen molar-refractivity contribution in [2.45, 2.75) is 0 Å². The number of hydrogen-bond donors (Lipinski definition) is 2. The van der Waals surface area contributed by atoms with Crippen molar-refractivity contribution in [1.82, 2.24) is 4.98 Å². The zero-order valence-corrected chi connectivity index (χ0v) is 15.5. The van der Waals surface area contributed by atoms with E-state index in [2.05, 4.69) is 15.2 Å². The van der Waals surface area contributed by atoms with Crippen molar-refractivity contribution >= 4 is 44.2 Å². The summed E-state index contributed by atoms with van der Waals surface area (Å²) >= 11 is 1.59. The minimum absolute atomic E-state index is 0.122. The molecular formula is C19H18N4O3S. The highest BCUT2D eigenvalue weighted by Gasteiger charge is 2.34. The molecule has 3 N–H and O–H groups in total. The molecule has 0 unspecified atom stereocenters. The van der Waals surface area contributed by atoms with Crippen LogP contribution in [0.3, 0.4) is 0 Å². The van der Waals surface area contributed by atoms with Gasteiger partial charge in [0.15, 0.2) is 5.13 Å². The average molecular weight is 382 g/mol. The van der Waals surface area contributed by atoms with Crippen molar-refractivity contribution in [3.8, 4) is 5.75 Å². The van der Waals surface area contributed by atoms with Crippen molar-refractivity contribution in [3.05, 3.63) is 48.0 Å². The van der Waals surface area contributed by atoms with Crippen LogP contribution in [-0.2, 0) is 4.79 Å². The SMILES string of the molecule is COc1ccc2sc(N3CC(C(=O)Nc4ccccc4C(N)=O)C3)nc2c1. The number of methoxy groups -OCH3 is 1. The second kappa shape index (κ2) is 6.88. The average Bonchev–Trinajstić information content (AvgIpc) is 3.03. The number of anilines is 2. The molecule has 0 radical (unpaired) electrons. The molecule has 2 amide bonds. The van der Waals surface area contributed by atoms with Gasteiger partial charge < -0.3 is 20.7 Å². The number of carbonyl (C=O) groups is 2. The fraction of sp³-hybridized carbons (Fsp3) is 0.211. The van der Waals surface area contributed by atoms with Crippen molar-refractivity contribution < 1.29 is 14.3 Å². The van der Waals surface area contributed by atoms with E-state index in [1.54, 1.807) is 42.7 Å². The number of hydrogen-bond acceptors (Lipinski definition) is 6. The van der Waals surface area contributed by atoms with Gasteiger partial charge in [0.25, 0.3) is 5.91 Å². The number of para-hydroxylation sites is 1. The number of amides is 2. The number of nitrogens with two attached hydrogens (primary N) is 1. The maximum Gasteiger partial charge on any atom is 0.250 e. The monoisotopic (exact) mass is 382 g/mol. The van der Waals surface area contributed by atoms with Crippen LogP contribution in [0.15, 0.2) is 42.5 Å². The summed E-state index contributed by atoms with van der Waals surface area (Å²) in [6, 6.07) is 12.5. The number of benzene rings is 2. The van der Waals surface area contributed by atoms with E-state index in [0.717, 1.165) is 21.1 Å². The van der Waals surface area contributed by atoms with Crippen LogP contribution in [0.4, 0.5) is 10.8 Å². The maximum atomic E-state index is 12.5. The van der Waals surface area contributed by atoms with Crippen molar-refractivity contribution in [1.29, 1.82) is 0 Å². The summed E-state index contributed by atoms with van der Waals surface area (Å²) in [6.07, 6.45) is 0. The van der Waals surface area contributed by atoms with Gasteiger partial charge in [-0.05, 0) is 24.3 Å². The first-order valence-electron chi connectivity index (χ1n) is 8.44. The molecule has 1 saturated heterocycles. The molecule has 0 atom stereocenters. The summed E-state index contributed by atoms with van der Waals surface area (Å²) in [7, 11) is 1.63. The van der Waals surface area contributed by atoms with Gasteiger partial charge in [0.05, 0.1) is 34.5 Å². The fourth-order valence-electron chi connectivity index (χ4n) is 3.00. The summed E-state index contributed by atoms with van der Waals surface area (Å²) in [4.78, 5) is 30.7. The molecule has 0 aliphatic carbocycles. The Morgan fingerprint density at radius 1 is 1.26 bits per heavy atom. The van der Waals surface area contributed by atoms with Gasteiger partial charge in [0, 0.05) is 19.2 Å². The Morgan fingerprint density at radius 2 is 2.04 bits per heavy atom. The lowest BCUT2D eigenvalue weighted by molar-refractivity contribution is -0.120. The topological polar surface area (TPSA) is 97.5 Å². The fourth-order valence-corrected chi connectivity index (χ4v) is 3.96. The molecule has 4 rings (SSSR count). The van der Waals surface area contributed by atoms with Crippen molar-refractivity contribution in [2.24, 2.45) is 11.7 Å². The van der Waals surface area contributed by atoms with Gasteiger partial charge in [-0.2, -0.15) is 0 Å². The highest BCUT2D eigenvalue weighted by Crippen LogP contribution is 2.34. The van der Waals surface area contributed by atoms with Gasteiger partial charge in [-0.15, -0.1) is 0 Å². The quantitative estimate of drug-likeness (QED) is 0.706. The van der Waals surface area contributed by atoms with Crippen molar-refractivity contribution in [2.75, 3.05) is 30.4 Å². The predicted molar refractivity (Wildman–Crippen MR) is 105 cm³/mol. The molecule has 2 aromatic carbocycles. The number of nitrogens with one attached hydrogen (secondary N) is 1. The van der Waals surface area contributed by atoms with Crippen LogP contribution in [0.25, 0.3) is 10.2 Å². The summed E-state index contributed by atoms with van der Waals surface area (Å²) in [5, 5.41) is 3.70. The van der Waals surface area contributed by atoms with Crippen molar-refractivity contribution in [3.63, 3.8) is 0 Å². The zero-order valence-electron chi connectivity index (χ0n) is 14.6. The minimum atomic E-state index is -0.564. The molecule has 2 heterocycles. The Labute approximate surface area is 159 Å². The molecule has 0 saturated carbocycles. The second-order valence-electron chi connectivity index (χ2n) is 6.33. The van der Waals surface area contributed by atoms with Gasteiger partial charge >= 0.3 is 0 Å². The summed E-state index contributed by atoms with van der Waals surface area (Å²) in [5.41, 5.74) is 6.99. The van der Waals surface area contributed by atoms with E-state index in [1.807, 2.05) is 18.2 Å². The molecule has 0 bridgehead atoms. The van der Waals surface area contributed by atoms with E-state index in [1.165, 1.54) is 0 Å². The Kier molecular flexibility index (Phi) is 4.41. The standard InChI is InChI=1S/C19H18N4O3S/c1-26-12-6-7-16-15(8-12)22-19(27-16)23-9-11(10-23)18(25)21-14-5-3-2-4-13(14)17(20)24/h2-8,11H,9-10H2,1H3,(H2,20,24)(H,21,25). The predicted octanol–water partition coefficient (Wildman–Crippen LogP) is 2.48. The van der Waals surface area contributed by atoms with Crippen LogP contribution >= 0.6 is 11.3 Å². The molecule has 1 fully saturated rings. The van der Waals surface area contributed by atoms with Crippen LogP contribution < -0.4 is 20.7 Å². The lowest BCUT2D eigenvalue weighted by Gasteiger charge is -2.38. The van der Waals surface area contributed by atoms with Gasteiger partial charge in [0.2, 0.25) is 5.91 Å². The summed E-state index contributed by atoms with van der Waals surface area (Å²) < 4.78 is 6.31. The molecule has 1 aliphatic rings. The van der Waals surface area contributed by atoms with E-state index < -0.39 is 5.91 Å². The number of aromatic nitrogens is 1. The highest BCUT2D eigenvalue weighted by molar-refractivity contribution is 7.22. The number of carbonyl (C=O) groups excluding carboxylic acids is 2. The molecule has 7 nitrogen and oxygen atoms in total. The van der Waals surface area contributed by atoms with Crippen LogP contribution in [0.5, 0.6) is 5.75 Å². The lowest BCUT2D eigenvalue weighted by atomic mass is 9.99. The third-order valence-corrected chi connectivity index (χ3v) is 5.65. The smallest absolute Gasteiger partial charge is 0.250 e. The first kappa shape index (κ1) is 17.3. The van der Waals surface area contributed by atoms with Gasteiger partial charge in [-0.3, -0.25) is 9.59 Å². The molecule has 138 valence electrons. The Bertz CT molecular complexity index is 1030. The third kappa shape index (κ3) is 3.31. The van der Waals surface area contributed by atoms with Crippen LogP contribution in [-0.4, -0.2) is 37.0 Å². The molecule has 3 aromatic rings. The van der Waals surface area contributed by atoms with E-state index in [-0.39, 0.29) is 11.8 Å². The largest absolute Gasteiger partial charge is 0.497 e. The van der Waals surface area contributed by atoms with Gasteiger partial charge in [-0.1, -0.05) is 23.5 Å². The molecule has 0 spiro atoms. The van der Waals surface area contributed by atoms with Gasteiger partial charge in [-0.25, -0.2) is 4.98 Å². The Hall–Kier alpha value is -3.13. The molecule has 27 heavy (non-hydrogen) atoms. The first-order valence-corrected chi connectivity index (χ1v) is 9.26. The Balaban J connectivity index is 1.42. The van der Waals surface area contributed by atoms with E-state index in [0.29, 0.717) is 24.3 Å². The summed E-state index contributed by atoms with van der Waals surface area (Å²) in [6.45, 7) is 1.17. The summed E-state index contributed by atoms with van der Waals surface area (Å²) in [5.74, 6) is -0.0745. The molecule has 1 aromatic heterocycles. The first-order chi connectivity index (χ1) is 13.0. The van der Waals surface area contributed by atoms with Gasteiger partial charge in [0.1, 0.15) is 5.75 Å². The second-order valence-corrected chi connectivity index (χ2v) is 7.34. The lowest BCUT2D eigenvalue weighted by Crippen LogP contribution is -2.52. The number of primary amides is 1. The molecule has 1 aliphatic heterocycles. The Morgan fingerprint density at radius 3 is 2.78 bits per heavy atom. The van der Waals surface area contributed by atoms with Crippen LogP contribution in [0.2, 0.25) is 0 Å². The third-order valence-electron chi connectivity index (χ3n) is 4.56. The highest BCUT2D eigenvalue weighted by atomic mass is 32.1. The minimum Gasteiger partial charge on any atom is -0.497 e. The van der Waals surface area contributed by atoms with E-state index in [4.69, 9.17) is 10.5 Å². The number of ether oxygens (including phenoxy) is 1. The zero-order chi connectivity index (χ0) is 19.0. The maximum absolute atomic E-state index is 12.5. The molecule has 8 heteroatoms. The number of fused-ring (bicyclic) bond motifs is 1. The van der Waals surface area contributed by atoms with Crippen LogP contribution in [0.1, 0.15) is 10.4 Å².